The molecular formula is C24H29N3O2. The van der Waals surface area contributed by atoms with Crippen LogP contribution in [0, 0.1) is 0 Å². The summed E-state index contributed by atoms with van der Waals surface area (Å²) in [6.45, 7) is 6.37. The molecule has 5 heteroatoms. The number of carbonyl (C=O) groups is 2. The van der Waals surface area contributed by atoms with E-state index >= 15 is 0 Å². The number of aryl methyl sites for hydroxylation is 1. The molecule has 1 saturated heterocycles. The first kappa shape index (κ1) is 19.5. The maximum absolute atomic E-state index is 13.0. The Labute approximate surface area is 172 Å². The van der Waals surface area contributed by atoms with Crippen molar-refractivity contribution in [3.05, 3.63) is 64.7 Å². The van der Waals surface area contributed by atoms with E-state index in [0.717, 1.165) is 50.0 Å². The van der Waals surface area contributed by atoms with Crippen LogP contribution in [0.15, 0.2) is 42.5 Å². The highest BCUT2D eigenvalue weighted by Gasteiger charge is 2.38. The molecule has 2 aromatic carbocycles. The largest absolute Gasteiger partial charge is 0.351 e. The molecule has 0 radical (unpaired) electrons. The zero-order valence-corrected chi connectivity index (χ0v) is 17.3. The van der Waals surface area contributed by atoms with Crippen LogP contribution in [-0.4, -0.2) is 36.0 Å². The van der Waals surface area contributed by atoms with Gasteiger partial charge in [0.1, 0.15) is 6.17 Å². The zero-order valence-electron chi connectivity index (χ0n) is 17.3. The lowest BCUT2D eigenvalue weighted by Gasteiger charge is -2.47. The van der Waals surface area contributed by atoms with E-state index in [2.05, 4.69) is 48.3 Å². The van der Waals surface area contributed by atoms with Crippen molar-refractivity contribution in [2.75, 3.05) is 18.0 Å². The lowest BCUT2D eigenvalue weighted by molar-refractivity contribution is 0.0582. The van der Waals surface area contributed by atoms with Crippen LogP contribution >= 0.6 is 0 Å². The normalized spacial score (nSPS) is 18.3. The van der Waals surface area contributed by atoms with Gasteiger partial charge in [0.05, 0.1) is 11.3 Å². The summed E-state index contributed by atoms with van der Waals surface area (Å²) in [5, 5.41) is 3.01. The van der Waals surface area contributed by atoms with Crippen LogP contribution in [-0.2, 0) is 13.0 Å². The topological polar surface area (TPSA) is 52.7 Å². The summed E-state index contributed by atoms with van der Waals surface area (Å²) >= 11 is 0. The Balaban J connectivity index is 1.53. The van der Waals surface area contributed by atoms with Crippen molar-refractivity contribution in [1.29, 1.82) is 0 Å². The van der Waals surface area contributed by atoms with Crippen LogP contribution in [0.2, 0.25) is 0 Å². The molecule has 4 rings (SSSR count). The number of benzene rings is 2. The number of nitrogens with zero attached hydrogens (tertiary/aromatic N) is 2. The molecule has 1 atom stereocenters. The van der Waals surface area contributed by atoms with Crippen LogP contribution in [0.1, 0.15) is 65.0 Å². The van der Waals surface area contributed by atoms with Crippen molar-refractivity contribution >= 4 is 17.5 Å². The Morgan fingerprint density at radius 1 is 1.07 bits per heavy atom. The van der Waals surface area contributed by atoms with Gasteiger partial charge in [-0.2, -0.15) is 0 Å². The molecule has 0 spiro atoms. The molecule has 2 amide bonds. The lowest BCUT2D eigenvalue weighted by Crippen LogP contribution is -2.57. The molecule has 0 aromatic heterocycles. The van der Waals surface area contributed by atoms with E-state index < -0.39 is 0 Å². The van der Waals surface area contributed by atoms with Gasteiger partial charge in [0, 0.05) is 25.2 Å². The Morgan fingerprint density at radius 2 is 1.83 bits per heavy atom. The molecule has 29 heavy (non-hydrogen) atoms. The van der Waals surface area contributed by atoms with E-state index in [9.17, 15) is 9.59 Å². The minimum Gasteiger partial charge on any atom is -0.351 e. The Morgan fingerprint density at radius 3 is 2.55 bits per heavy atom. The summed E-state index contributed by atoms with van der Waals surface area (Å²) in [4.78, 5) is 30.0. The van der Waals surface area contributed by atoms with Gasteiger partial charge in [-0.1, -0.05) is 31.2 Å². The summed E-state index contributed by atoms with van der Waals surface area (Å²) < 4.78 is 0. The van der Waals surface area contributed by atoms with E-state index in [1.165, 1.54) is 5.56 Å². The molecule has 2 aromatic rings. The van der Waals surface area contributed by atoms with Gasteiger partial charge < -0.3 is 15.1 Å². The van der Waals surface area contributed by atoms with Crippen molar-refractivity contribution in [2.24, 2.45) is 0 Å². The first-order valence-electron chi connectivity index (χ1n) is 10.7. The Bertz CT molecular complexity index is 907. The van der Waals surface area contributed by atoms with E-state index in [1.807, 2.05) is 17.0 Å². The smallest absolute Gasteiger partial charge is 0.257 e. The zero-order chi connectivity index (χ0) is 20.4. The summed E-state index contributed by atoms with van der Waals surface area (Å²) in [5.74, 6) is -0.0145. The van der Waals surface area contributed by atoms with Crippen molar-refractivity contribution in [3.8, 4) is 0 Å². The third-order valence-corrected chi connectivity index (χ3v) is 6.12. The first-order chi connectivity index (χ1) is 14.1. The molecule has 1 unspecified atom stereocenters. The average Bonchev–Trinajstić information content (AvgIpc) is 2.78. The monoisotopic (exact) mass is 391 g/mol. The SMILES string of the molecule is CCc1ccc(CNC(=O)c2ccc3c(c2)N(CC)C2CCCCN2C3=O)cc1. The van der Waals surface area contributed by atoms with Crippen molar-refractivity contribution in [2.45, 2.75) is 52.2 Å². The summed E-state index contributed by atoms with van der Waals surface area (Å²) in [6.07, 6.45) is 4.31. The predicted octanol–water partition coefficient (Wildman–Crippen LogP) is 3.97. The average molecular weight is 392 g/mol. The number of amides is 2. The molecule has 1 fully saturated rings. The number of hydrogen-bond acceptors (Lipinski definition) is 3. The molecule has 5 nitrogen and oxygen atoms in total. The van der Waals surface area contributed by atoms with Gasteiger partial charge in [0.15, 0.2) is 0 Å². The fourth-order valence-electron chi connectivity index (χ4n) is 4.44. The molecule has 2 aliphatic heterocycles. The minimum atomic E-state index is -0.109. The fraction of sp³-hybridized carbons (Fsp3) is 0.417. The van der Waals surface area contributed by atoms with E-state index in [1.54, 1.807) is 6.07 Å². The third kappa shape index (κ3) is 3.74. The van der Waals surface area contributed by atoms with Crippen LogP contribution in [0.5, 0.6) is 0 Å². The van der Waals surface area contributed by atoms with Gasteiger partial charge in [-0.25, -0.2) is 0 Å². The number of fused-ring (bicyclic) bond motifs is 2. The number of piperidine rings is 1. The summed E-state index contributed by atoms with van der Waals surface area (Å²) in [5.41, 5.74) is 4.56. The number of anilines is 1. The second-order valence-electron chi connectivity index (χ2n) is 7.85. The number of nitrogens with one attached hydrogen (secondary N) is 1. The molecule has 0 bridgehead atoms. The Hall–Kier alpha value is -2.82. The van der Waals surface area contributed by atoms with Crippen LogP contribution in [0.4, 0.5) is 5.69 Å². The van der Waals surface area contributed by atoms with E-state index in [-0.39, 0.29) is 18.0 Å². The van der Waals surface area contributed by atoms with E-state index in [0.29, 0.717) is 17.7 Å². The number of rotatable bonds is 5. The highest BCUT2D eigenvalue weighted by atomic mass is 16.2. The quantitative estimate of drug-likeness (QED) is 0.839. The van der Waals surface area contributed by atoms with Crippen molar-refractivity contribution in [3.63, 3.8) is 0 Å². The van der Waals surface area contributed by atoms with Crippen LogP contribution in [0.3, 0.4) is 0 Å². The van der Waals surface area contributed by atoms with Crippen LogP contribution in [0.25, 0.3) is 0 Å². The van der Waals surface area contributed by atoms with Gasteiger partial charge in [-0.3, -0.25) is 9.59 Å². The molecule has 2 aliphatic rings. The molecular weight excluding hydrogens is 362 g/mol. The molecule has 2 heterocycles. The highest BCUT2D eigenvalue weighted by Crippen LogP contribution is 2.35. The molecule has 0 aliphatic carbocycles. The van der Waals surface area contributed by atoms with Gasteiger partial charge >= 0.3 is 0 Å². The lowest BCUT2D eigenvalue weighted by atomic mass is 9.97. The standard InChI is InChI=1S/C24H29N3O2/c1-3-17-8-10-18(11-9-17)16-25-23(28)19-12-13-20-21(15-19)26(4-2)22-7-5-6-14-27(22)24(20)29/h8-13,15,22H,3-7,14,16H2,1-2H3,(H,25,28). The highest BCUT2D eigenvalue weighted by molar-refractivity contribution is 6.04. The van der Waals surface area contributed by atoms with Crippen molar-refractivity contribution < 1.29 is 9.59 Å². The maximum Gasteiger partial charge on any atom is 0.257 e. The van der Waals surface area contributed by atoms with E-state index in [4.69, 9.17) is 0 Å². The fourth-order valence-corrected chi connectivity index (χ4v) is 4.44. The Kier molecular flexibility index (Phi) is 5.56. The number of carbonyl (C=O) groups excluding carboxylic acids is 2. The first-order valence-corrected chi connectivity index (χ1v) is 10.7. The van der Waals surface area contributed by atoms with Gasteiger partial charge in [-0.05, 0) is 61.9 Å². The predicted molar refractivity (Wildman–Crippen MR) is 115 cm³/mol. The maximum atomic E-state index is 13.0. The molecule has 0 saturated carbocycles. The second kappa shape index (κ2) is 8.27. The second-order valence-corrected chi connectivity index (χ2v) is 7.85. The summed E-state index contributed by atoms with van der Waals surface area (Å²) in [7, 11) is 0. The van der Waals surface area contributed by atoms with Crippen LogP contribution < -0.4 is 10.2 Å². The molecule has 152 valence electrons. The van der Waals surface area contributed by atoms with Gasteiger partial charge in [0.25, 0.3) is 11.8 Å². The molecule has 1 N–H and O–H groups in total. The van der Waals surface area contributed by atoms with Gasteiger partial charge in [0.2, 0.25) is 0 Å². The number of hydrogen-bond donors (Lipinski definition) is 1. The summed E-state index contributed by atoms with van der Waals surface area (Å²) in [6, 6.07) is 13.8. The third-order valence-electron chi connectivity index (χ3n) is 6.12. The van der Waals surface area contributed by atoms with Gasteiger partial charge in [-0.15, -0.1) is 0 Å². The minimum absolute atomic E-state index is 0.0948. The van der Waals surface area contributed by atoms with Crippen molar-refractivity contribution in [1.82, 2.24) is 10.2 Å².